The lowest BCUT2D eigenvalue weighted by Gasteiger charge is -2.14. The standard InChI is InChI=1S/C17H19NO3/c1-12-8-9-15(18-17(20)13(2)19)16(10-12)21-11-14-6-4-3-5-7-14/h3-10,13,19H,11H2,1-2H3,(H,18,20). The van der Waals surface area contributed by atoms with Crippen molar-refractivity contribution in [2.24, 2.45) is 0 Å². The number of benzene rings is 2. The molecule has 0 aromatic heterocycles. The van der Waals surface area contributed by atoms with E-state index in [1.165, 1.54) is 6.92 Å². The Hall–Kier alpha value is -2.33. The van der Waals surface area contributed by atoms with E-state index in [-0.39, 0.29) is 0 Å². The number of hydrogen-bond acceptors (Lipinski definition) is 3. The second-order valence-corrected chi connectivity index (χ2v) is 4.94. The van der Waals surface area contributed by atoms with Crippen molar-refractivity contribution in [2.75, 3.05) is 5.32 Å². The number of ether oxygens (including phenoxy) is 1. The fourth-order valence-corrected chi connectivity index (χ4v) is 1.82. The SMILES string of the molecule is Cc1ccc(NC(=O)C(C)O)c(OCc2ccccc2)c1. The van der Waals surface area contributed by atoms with Crippen molar-refractivity contribution in [3.63, 3.8) is 0 Å². The van der Waals surface area contributed by atoms with Crippen LogP contribution in [0.25, 0.3) is 0 Å². The Morgan fingerprint density at radius 2 is 1.95 bits per heavy atom. The van der Waals surface area contributed by atoms with Gasteiger partial charge < -0.3 is 15.2 Å². The number of nitrogens with one attached hydrogen (secondary N) is 1. The molecule has 4 nitrogen and oxygen atoms in total. The maximum atomic E-state index is 11.6. The average molecular weight is 285 g/mol. The summed E-state index contributed by atoms with van der Waals surface area (Å²) in [6.07, 6.45) is -1.06. The molecule has 2 aromatic carbocycles. The first-order valence-corrected chi connectivity index (χ1v) is 6.82. The van der Waals surface area contributed by atoms with E-state index in [2.05, 4.69) is 5.32 Å². The molecule has 2 rings (SSSR count). The normalized spacial score (nSPS) is 11.8. The molecule has 2 N–H and O–H groups in total. The number of aliphatic hydroxyl groups is 1. The predicted octanol–water partition coefficient (Wildman–Crippen LogP) is 2.89. The number of carbonyl (C=O) groups excluding carboxylic acids is 1. The summed E-state index contributed by atoms with van der Waals surface area (Å²) in [7, 11) is 0. The van der Waals surface area contributed by atoms with Gasteiger partial charge in [-0.05, 0) is 37.1 Å². The van der Waals surface area contributed by atoms with Gasteiger partial charge in [0.2, 0.25) is 0 Å². The number of anilines is 1. The zero-order valence-corrected chi connectivity index (χ0v) is 12.2. The second-order valence-electron chi connectivity index (χ2n) is 4.94. The Morgan fingerprint density at radius 1 is 1.24 bits per heavy atom. The van der Waals surface area contributed by atoms with Gasteiger partial charge in [-0.2, -0.15) is 0 Å². The third kappa shape index (κ3) is 4.33. The summed E-state index contributed by atoms with van der Waals surface area (Å²) in [6.45, 7) is 3.80. The number of aryl methyl sites for hydroxylation is 1. The van der Waals surface area contributed by atoms with Crippen LogP contribution in [0.3, 0.4) is 0 Å². The van der Waals surface area contributed by atoms with Gasteiger partial charge >= 0.3 is 0 Å². The van der Waals surface area contributed by atoms with Crippen molar-refractivity contribution < 1.29 is 14.6 Å². The van der Waals surface area contributed by atoms with Gasteiger partial charge in [-0.3, -0.25) is 4.79 Å². The van der Waals surface area contributed by atoms with Crippen LogP contribution in [0, 0.1) is 6.92 Å². The largest absolute Gasteiger partial charge is 0.487 e. The minimum Gasteiger partial charge on any atom is -0.487 e. The molecule has 4 heteroatoms. The van der Waals surface area contributed by atoms with Crippen LogP contribution < -0.4 is 10.1 Å². The highest BCUT2D eigenvalue weighted by Gasteiger charge is 2.12. The van der Waals surface area contributed by atoms with Gasteiger partial charge in [0.25, 0.3) is 5.91 Å². The minimum atomic E-state index is -1.06. The topological polar surface area (TPSA) is 58.6 Å². The molecule has 0 saturated carbocycles. The van der Waals surface area contributed by atoms with Gasteiger partial charge in [-0.1, -0.05) is 36.4 Å². The van der Waals surface area contributed by atoms with Crippen LogP contribution in [0.2, 0.25) is 0 Å². The smallest absolute Gasteiger partial charge is 0.253 e. The van der Waals surface area contributed by atoms with Gasteiger partial charge in [-0.25, -0.2) is 0 Å². The Balaban J connectivity index is 2.13. The lowest BCUT2D eigenvalue weighted by Crippen LogP contribution is -2.24. The van der Waals surface area contributed by atoms with Gasteiger partial charge in [0, 0.05) is 0 Å². The predicted molar refractivity (Wildman–Crippen MR) is 82.3 cm³/mol. The lowest BCUT2D eigenvalue weighted by molar-refractivity contribution is -0.123. The van der Waals surface area contributed by atoms with E-state index in [0.29, 0.717) is 18.0 Å². The highest BCUT2D eigenvalue weighted by molar-refractivity contribution is 5.95. The fraction of sp³-hybridized carbons (Fsp3) is 0.235. The van der Waals surface area contributed by atoms with Gasteiger partial charge in [-0.15, -0.1) is 0 Å². The van der Waals surface area contributed by atoms with Crippen molar-refractivity contribution in [1.29, 1.82) is 0 Å². The molecule has 1 amide bonds. The van der Waals surface area contributed by atoms with E-state index in [1.54, 1.807) is 6.07 Å². The Labute approximate surface area is 124 Å². The third-order valence-electron chi connectivity index (χ3n) is 3.01. The summed E-state index contributed by atoms with van der Waals surface area (Å²) in [5.74, 6) is 0.135. The van der Waals surface area contributed by atoms with Gasteiger partial charge in [0.15, 0.2) is 0 Å². The summed E-state index contributed by atoms with van der Waals surface area (Å²) >= 11 is 0. The molecule has 0 aliphatic rings. The summed E-state index contributed by atoms with van der Waals surface area (Å²) in [4.78, 5) is 11.6. The van der Waals surface area contributed by atoms with Crippen LogP contribution in [0.15, 0.2) is 48.5 Å². The molecule has 0 aliphatic carbocycles. The molecule has 1 atom stereocenters. The Morgan fingerprint density at radius 3 is 2.62 bits per heavy atom. The first kappa shape index (κ1) is 15.1. The van der Waals surface area contributed by atoms with E-state index in [1.807, 2.05) is 49.4 Å². The molecule has 1 unspecified atom stereocenters. The van der Waals surface area contributed by atoms with Crippen LogP contribution in [-0.2, 0) is 11.4 Å². The average Bonchev–Trinajstić information content (AvgIpc) is 2.48. The first-order valence-electron chi connectivity index (χ1n) is 6.82. The molecular weight excluding hydrogens is 266 g/mol. The first-order chi connectivity index (χ1) is 10.1. The zero-order chi connectivity index (χ0) is 15.2. The maximum Gasteiger partial charge on any atom is 0.253 e. The summed E-state index contributed by atoms with van der Waals surface area (Å²) < 4.78 is 5.79. The minimum absolute atomic E-state index is 0.418. The molecule has 2 aromatic rings. The molecule has 0 fully saturated rings. The number of amides is 1. The lowest BCUT2D eigenvalue weighted by atomic mass is 10.2. The molecule has 0 radical (unpaired) electrons. The van der Waals surface area contributed by atoms with Crippen molar-refractivity contribution >= 4 is 11.6 Å². The zero-order valence-electron chi connectivity index (χ0n) is 12.2. The molecule has 0 aliphatic heterocycles. The van der Waals surface area contributed by atoms with Gasteiger partial charge in [0.1, 0.15) is 18.5 Å². The number of rotatable bonds is 5. The fourth-order valence-electron chi connectivity index (χ4n) is 1.82. The third-order valence-corrected chi connectivity index (χ3v) is 3.01. The number of hydrogen-bond donors (Lipinski definition) is 2. The molecule has 0 bridgehead atoms. The van der Waals surface area contributed by atoms with Crippen LogP contribution in [0.5, 0.6) is 5.75 Å². The van der Waals surface area contributed by atoms with E-state index in [9.17, 15) is 9.90 Å². The number of carbonyl (C=O) groups is 1. The van der Waals surface area contributed by atoms with Crippen LogP contribution in [-0.4, -0.2) is 17.1 Å². The van der Waals surface area contributed by atoms with Crippen molar-refractivity contribution in [3.8, 4) is 5.75 Å². The molecule has 0 saturated heterocycles. The molecule has 110 valence electrons. The Kier molecular flexibility index (Phi) is 4.95. The molecular formula is C17H19NO3. The van der Waals surface area contributed by atoms with Gasteiger partial charge in [0.05, 0.1) is 5.69 Å². The highest BCUT2D eigenvalue weighted by Crippen LogP contribution is 2.26. The van der Waals surface area contributed by atoms with Crippen molar-refractivity contribution in [2.45, 2.75) is 26.6 Å². The quantitative estimate of drug-likeness (QED) is 0.888. The molecule has 21 heavy (non-hydrogen) atoms. The van der Waals surface area contributed by atoms with Crippen LogP contribution in [0.1, 0.15) is 18.1 Å². The highest BCUT2D eigenvalue weighted by atomic mass is 16.5. The maximum absolute atomic E-state index is 11.6. The van der Waals surface area contributed by atoms with Crippen molar-refractivity contribution in [1.82, 2.24) is 0 Å². The summed E-state index contributed by atoms with van der Waals surface area (Å²) in [6, 6.07) is 15.3. The van der Waals surface area contributed by atoms with Crippen LogP contribution in [0.4, 0.5) is 5.69 Å². The second kappa shape index (κ2) is 6.90. The monoisotopic (exact) mass is 285 g/mol. The van der Waals surface area contributed by atoms with E-state index in [4.69, 9.17) is 4.74 Å². The molecule has 0 heterocycles. The summed E-state index contributed by atoms with van der Waals surface area (Å²) in [5, 5.41) is 11.9. The Bertz CT molecular complexity index is 609. The van der Waals surface area contributed by atoms with Crippen molar-refractivity contribution in [3.05, 3.63) is 59.7 Å². The van der Waals surface area contributed by atoms with E-state index in [0.717, 1.165) is 11.1 Å². The number of aliphatic hydroxyl groups excluding tert-OH is 1. The molecule has 0 spiro atoms. The summed E-state index contributed by atoms with van der Waals surface area (Å²) in [5.41, 5.74) is 2.64. The van der Waals surface area contributed by atoms with Crippen LogP contribution >= 0.6 is 0 Å². The van der Waals surface area contributed by atoms with E-state index < -0.39 is 12.0 Å². The van der Waals surface area contributed by atoms with E-state index >= 15 is 0 Å².